The van der Waals surface area contributed by atoms with Crippen LogP contribution >= 0.6 is 0 Å². The lowest BCUT2D eigenvalue weighted by Gasteiger charge is -2.11. The summed E-state index contributed by atoms with van der Waals surface area (Å²) in [6.45, 7) is 0. The molecule has 0 nitrogen and oxygen atoms in total. The summed E-state index contributed by atoms with van der Waals surface area (Å²) in [5, 5.41) is 0. The molecule has 0 atom stereocenters. The molecule has 0 saturated heterocycles. The Kier molecular flexibility index (Phi) is 3.64. The van der Waals surface area contributed by atoms with E-state index in [4.69, 9.17) is 25.7 Å². The molecule has 0 aromatic heterocycles. The Bertz CT molecular complexity index is 823. The minimum absolute atomic E-state index is 0.502. The van der Waals surface area contributed by atoms with Crippen LogP contribution in [-0.4, -0.2) is 0 Å². The first kappa shape index (κ1) is 13.1. The zero-order chi connectivity index (χ0) is 14.5. The van der Waals surface area contributed by atoms with Gasteiger partial charge in [-0.05, 0) is 17.2 Å². The van der Waals surface area contributed by atoms with Crippen LogP contribution in [0.1, 0.15) is 22.3 Å². The Morgan fingerprint density at radius 2 is 1.25 bits per heavy atom. The third-order valence-electron chi connectivity index (χ3n) is 3.00. The zero-order valence-corrected chi connectivity index (χ0v) is 10.8. The fourth-order valence-corrected chi connectivity index (χ4v) is 2.09. The van der Waals surface area contributed by atoms with E-state index in [9.17, 15) is 0 Å². The fraction of sp³-hybridized carbons (Fsp3) is 0. The maximum absolute atomic E-state index is 5.61. The van der Waals surface area contributed by atoms with Gasteiger partial charge < -0.3 is 0 Å². The van der Waals surface area contributed by atoms with Gasteiger partial charge in [0.2, 0.25) is 0 Å². The molecule has 0 amide bonds. The molecule has 0 aliphatic carbocycles. The van der Waals surface area contributed by atoms with Crippen molar-refractivity contribution in [1.82, 2.24) is 0 Å². The van der Waals surface area contributed by atoms with E-state index in [1.54, 1.807) is 0 Å². The molecule has 0 radical (unpaired) electrons. The highest BCUT2D eigenvalue weighted by molar-refractivity contribution is 5.79. The van der Waals surface area contributed by atoms with E-state index in [0.717, 1.165) is 11.1 Å². The van der Waals surface area contributed by atoms with Gasteiger partial charge in [0.15, 0.2) is 0 Å². The van der Waals surface area contributed by atoms with Gasteiger partial charge in [0.05, 0.1) is 11.1 Å². The summed E-state index contributed by atoms with van der Waals surface area (Å²) in [7, 11) is 0. The second-order valence-electron chi connectivity index (χ2n) is 4.04. The summed E-state index contributed by atoms with van der Waals surface area (Å²) in [6.07, 6.45) is 22.2. The quantitative estimate of drug-likeness (QED) is 0.681. The first-order valence-corrected chi connectivity index (χ1v) is 5.89. The van der Waals surface area contributed by atoms with Crippen LogP contribution in [0.3, 0.4) is 0 Å². The molecule has 0 heterocycles. The van der Waals surface area contributed by atoms with E-state index in [-0.39, 0.29) is 0 Å². The van der Waals surface area contributed by atoms with Gasteiger partial charge in [-0.15, -0.1) is 25.7 Å². The minimum atomic E-state index is 0.502. The maximum atomic E-state index is 5.61. The Morgan fingerprint density at radius 3 is 1.75 bits per heavy atom. The molecule has 0 fully saturated rings. The summed E-state index contributed by atoms with van der Waals surface area (Å²) in [5.74, 6) is 10.3. The molecule has 2 aromatic rings. The lowest BCUT2D eigenvalue weighted by atomic mass is 9.89. The van der Waals surface area contributed by atoms with Crippen molar-refractivity contribution < 1.29 is 0 Å². The fourth-order valence-electron chi connectivity index (χ4n) is 2.09. The lowest BCUT2D eigenvalue weighted by molar-refractivity contribution is 1.49. The van der Waals surface area contributed by atoms with Crippen molar-refractivity contribution in [3.63, 3.8) is 0 Å². The monoisotopic (exact) mass is 250 g/mol. The van der Waals surface area contributed by atoms with Crippen molar-refractivity contribution in [2.45, 2.75) is 0 Å². The van der Waals surface area contributed by atoms with E-state index in [1.165, 1.54) is 0 Å². The SMILES string of the molecule is C#Cc1cc(-c2ccccc2)c(C#C)c(C#C)c1C#C. The molecule has 0 heteroatoms. The molecule has 0 bridgehead atoms. The van der Waals surface area contributed by atoms with Crippen molar-refractivity contribution in [3.05, 3.63) is 58.7 Å². The third kappa shape index (κ3) is 2.04. The van der Waals surface area contributed by atoms with Gasteiger partial charge in [0, 0.05) is 11.1 Å². The highest BCUT2D eigenvalue weighted by Gasteiger charge is 2.14. The Morgan fingerprint density at radius 1 is 0.650 bits per heavy atom. The summed E-state index contributed by atoms with van der Waals surface area (Å²) in [4.78, 5) is 0. The van der Waals surface area contributed by atoms with Gasteiger partial charge >= 0.3 is 0 Å². The average molecular weight is 250 g/mol. The second-order valence-corrected chi connectivity index (χ2v) is 4.04. The predicted octanol–water partition coefficient (Wildman–Crippen LogP) is 3.28. The molecule has 2 rings (SSSR count). The maximum Gasteiger partial charge on any atom is 0.0574 e. The molecule has 0 saturated carbocycles. The molecular formula is C20H10. The van der Waals surface area contributed by atoms with Gasteiger partial charge in [-0.3, -0.25) is 0 Å². The van der Waals surface area contributed by atoms with E-state index >= 15 is 0 Å². The third-order valence-corrected chi connectivity index (χ3v) is 3.00. The van der Waals surface area contributed by atoms with Crippen LogP contribution in [0.25, 0.3) is 11.1 Å². The molecule has 0 N–H and O–H groups in total. The van der Waals surface area contributed by atoms with Crippen LogP contribution in [0.4, 0.5) is 0 Å². The van der Waals surface area contributed by atoms with E-state index in [0.29, 0.717) is 22.3 Å². The number of hydrogen-bond acceptors (Lipinski definition) is 0. The highest BCUT2D eigenvalue weighted by atomic mass is 14.1. The van der Waals surface area contributed by atoms with Crippen molar-refractivity contribution in [1.29, 1.82) is 0 Å². The highest BCUT2D eigenvalue weighted by Crippen LogP contribution is 2.29. The van der Waals surface area contributed by atoms with Gasteiger partial charge in [-0.2, -0.15) is 0 Å². The molecule has 90 valence electrons. The molecule has 20 heavy (non-hydrogen) atoms. The van der Waals surface area contributed by atoms with Crippen LogP contribution in [0.5, 0.6) is 0 Å². The number of rotatable bonds is 1. The Balaban J connectivity index is 2.93. The standard InChI is InChI=1S/C20H10/c1-5-15-14-20(16-12-10-9-11-13-16)19(8-4)18(7-3)17(15)6-2/h1-4,9-14H. The molecule has 2 aromatic carbocycles. The van der Waals surface area contributed by atoms with E-state index < -0.39 is 0 Å². The lowest BCUT2D eigenvalue weighted by Crippen LogP contribution is -1.98. The normalized spacial score (nSPS) is 8.80. The minimum Gasteiger partial charge on any atom is -0.115 e. The molecule has 0 aliphatic rings. The molecule has 0 unspecified atom stereocenters. The van der Waals surface area contributed by atoms with Gasteiger partial charge in [0.1, 0.15) is 0 Å². The van der Waals surface area contributed by atoms with Crippen LogP contribution in [0, 0.1) is 49.4 Å². The predicted molar refractivity (Wildman–Crippen MR) is 83.6 cm³/mol. The topological polar surface area (TPSA) is 0 Å². The van der Waals surface area contributed by atoms with Crippen LogP contribution in [0.2, 0.25) is 0 Å². The first-order valence-electron chi connectivity index (χ1n) is 5.89. The summed E-state index contributed by atoms with van der Waals surface area (Å²) in [5.41, 5.74) is 3.97. The molecule has 0 spiro atoms. The van der Waals surface area contributed by atoms with Crippen LogP contribution in [-0.2, 0) is 0 Å². The number of benzene rings is 2. The number of hydrogen-bond donors (Lipinski definition) is 0. The van der Waals surface area contributed by atoms with Crippen molar-refractivity contribution in [2.75, 3.05) is 0 Å². The Labute approximate surface area is 119 Å². The summed E-state index contributed by atoms with van der Waals surface area (Å²) < 4.78 is 0. The van der Waals surface area contributed by atoms with Gasteiger partial charge in [-0.25, -0.2) is 0 Å². The first-order chi connectivity index (χ1) is 9.76. The van der Waals surface area contributed by atoms with Crippen LogP contribution in [0.15, 0.2) is 36.4 Å². The average Bonchev–Trinajstić information content (AvgIpc) is 2.53. The van der Waals surface area contributed by atoms with Crippen LogP contribution < -0.4 is 0 Å². The van der Waals surface area contributed by atoms with Crippen molar-refractivity contribution >= 4 is 0 Å². The second kappa shape index (κ2) is 5.55. The van der Waals surface area contributed by atoms with Crippen molar-refractivity contribution in [3.8, 4) is 60.5 Å². The smallest absolute Gasteiger partial charge is 0.0574 e. The van der Waals surface area contributed by atoms with Gasteiger partial charge in [0.25, 0.3) is 0 Å². The van der Waals surface area contributed by atoms with E-state index in [1.807, 2.05) is 36.4 Å². The molecule has 0 aliphatic heterocycles. The van der Waals surface area contributed by atoms with Gasteiger partial charge in [-0.1, -0.05) is 54.0 Å². The summed E-state index contributed by atoms with van der Waals surface area (Å²) >= 11 is 0. The zero-order valence-electron chi connectivity index (χ0n) is 10.8. The Hall–Kier alpha value is -3.32. The number of terminal acetylenes is 4. The molecular weight excluding hydrogens is 240 g/mol. The van der Waals surface area contributed by atoms with E-state index in [2.05, 4.69) is 23.7 Å². The summed E-state index contributed by atoms with van der Waals surface area (Å²) in [6, 6.07) is 11.5. The largest absolute Gasteiger partial charge is 0.115 e. The van der Waals surface area contributed by atoms with Crippen molar-refractivity contribution in [2.24, 2.45) is 0 Å².